The molecule has 11 heavy (non-hydrogen) atoms. The molecule has 1 heterocycles. The van der Waals surface area contributed by atoms with Gasteiger partial charge in [-0.15, -0.1) is 0 Å². The lowest BCUT2D eigenvalue weighted by Crippen LogP contribution is -2.02. The molecule has 0 unspecified atom stereocenters. The summed E-state index contributed by atoms with van der Waals surface area (Å²) in [6.45, 7) is 3.16. The van der Waals surface area contributed by atoms with Crippen molar-refractivity contribution >= 4 is 0 Å². The molecule has 1 rings (SSSR count). The van der Waals surface area contributed by atoms with E-state index in [2.05, 4.69) is 13.0 Å². The predicted octanol–water partition coefficient (Wildman–Crippen LogP) is 3.26. The summed E-state index contributed by atoms with van der Waals surface area (Å²) < 4.78 is 5.49. The lowest BCUT2D eigenvalue weighted by atomic mass is 10.1. The zero-order valence-electron chi connectivity index (χ0n) is 7.44. The van der Waals surface area contributed by atoms with Gasteiger partial charge in [0.1, 0.15) is 0 Å². The molecule has 0 bridgehead atoms. The van der Waals surface area contributed by atoms with E-state index in [1.807, 2.05) is 0 Å². The van der Waals surface area contributed by atoms with Crippen LogP contribution in [0.4, 0.5) is 0 Å². The standard InChI is InChI=1S/C10H18O/c1-2-3-4-7-10-8-5-6-9-11-10/h7H,2-6,8-9H2,1H3/b10-7-. The number of ether oxygens (including phenoxy) is 1. The molecule has 0 aromatic carbocycles. The Morgan fingerprint density at radius 2 is 2.36 bits per heavy atom. The summed E-state index contributed by atoms with van der Waals surface area (Å²) >= 11 is 0. The molecule has 0 aromatic heterocycles. The largest absolute Gasteiger partial charge is 0.498 e. The van der Waals surface area contributed by atoms with E-state index in [-0.39, 0.29) is 0 Å². The maximum Gasteiger partial charge on any atom is 0.0919 e. The Labute approximate surface area is 69.4 Å². The van der Waals surface area contributed by atoms with Gasteiger partial charge in [-0.25, -0.2) is 0 Å². The fourth-order valence-corrected chi connectivity index (χ4v) is 1.30. The van der Waals surface area contributed by atoms with Crippen LogP contribution in [-0.4, -0.2) is 6.61 Å². The highest BCUT2D eigenvalue weighted by Gasteiger charge is 2.04. The maximum absolute atomic E-state index is 5.49. The molecule has 1 heteroatoms. The predicted molar refractivity (Wildman–Crippen MR) is 47.4 cm³/mol. The van der Waals surface area contributed by atoms with Crippen LogP contribution in [0.5, 0.6) is 0 Å². The van der Waals surface area contributed by atoms with Crippen molar-refractivity contribution in [1.29, 1.82) is 0 Å². The minimum absolute atomic E-state index is 0.942. The van der Waals surface area contributed by atoms with Crippen molar-refractivity contribution in [3.05, 3.63) is 11.8 Å². The normalized spacial score (nSPS) is 21.7. The van der Waals surface area contributed by atoms with Crippen LogP contribution in [0.1, 0.15) is 45.4 Å². The smallest absolute Gasteiger partial charge is 0.0919 e. The van der Waals surface area contributed by atoms with Crippen LogP contribution < -0.4 is 0 Å². The van der Waals surface area contributed by atoms with Crippen LogP contribution in [0.3, 0.4) is 0 Å². The third-order valence-corrected chi connectivity index (χ3v) is 2.03. The average molecular weight is 154 g/mol. The van der Waals surface area contributed by atoms with E-state index in [0.29, 0.717) is 0 Å². The first-order chi connectivity index (χ1) is 5.43. The molecule has 1 saturated heterocycles. The SMILES string of the molecule is CCCC/C=C1/CCCCO1. The van der Waals surface area contributed by atoms with Gasteiger partial charge in [0.2, 0.25) is 0 Å². The van der Waals surface area contributed by atoms with Crippen molar-refractivity contribution in [2.75, 3.05) is 6.61 Å². The highest BCUT2D eigenvalue weighted by atomic mass is 16.5. The molecule has 0 aliphatic carbocycles. The van der Waals surface area contributed by atoms with Crippen molar-refractivity contribution < 1.29 is 4.74 Å². The molecule has 0 spiro atoms. The fraction of sp³-hybridized carbons (Fsp3) is 0.800. The minimum Gasteiger partial charge on any atom is -0.498 e. The van der Waals surface area contributed by atoms with Gasteiger partial charge in [0.25, 0.3) is 0 Å². The first-order valence-corrected chi connectivity index (χ1v) is 4.75. The molecule has 0 radical (unpaired) electrons. The van der Waals surface area contributed by atoms with Gasteiger partial charge in [-0.3, -0.25) is 0 Å². The van der Waals surface area contributed by atoms with Crippen LogP contribution in [-0.2, 0) is 4.74 Å². The summed E-state index contributed by atoms with van der Waals surface area (Å²) in [5.74, 6) is 1.24. The molecular formula is C10H18O. The van der Waals surface area contributed by atoms with Gasteiger partial charge in [-0.1, -0.05) is 13.3 Å². The van der Waals surface area contributed by atoms with E-state index in [4.69, 9.17) is 4.74 Å². The highest BCUT2D eigenvalue weighted by Crippen LogP contribution is 2.16. The summed E-state index contributed by atoms with van der Waals surface area (Å²) in [7, 11) is 0. The summed E-state index contributed by atoms with van der Waals surface area (Å²) in [6, 6.07) is 0. The van der Waals surface area contributed by atoms with Crippen molar-refractivity contribution in [3.8, 4) is 0 Å². The molecule has 1 aliphatic heterocycles. The van der Waals surface area contributed by atoms with Crippen LogP contribution in [0.15, 0.2) is 11.8 Å². The second-order valence-corrected chi connectivity index (χ2v) is 3.12. The van der Waals surface area contributed by atoms with Crippen molar-refractivity contribution in [2.45, 2.75) is 45.4 Å². The van der Waals surface area contributed by atoms with Gasteiger partial charge in [0.05, 0.1) is 12.4 Å². The first kappa shape index (κ1) is 8.63. The van der Waals surface area contributed by atoms with Crippen LogP contribution >= 0.6 is 0 Å². The van der Waals surface area contributed by atoms with E-state index in [1.165, 1.54) is 44.3 Å². The van der Waals surface area contributed by atoms with Crippen LogP contribution in [0.2, 0.25) is 0 Å². The lowest BCUT2D eigenvalue weighted by molar-refractivity contribution is 0.165. The number of hydrogen-bond acceptors (Lipinski definition) is 1. The molecule has 0 atom stereocenters. The Morgan fingerprint density at radius 3 is 3.00 bits per heavy atom. The van der Waals surface area contributed by atoms with E-state index >= 15 is 0 Å². The van der Waals surface area contributed by atoms with Gasteiger partial charge >= 0.3 is 0 Å². The summed E-state index contributed by atoms with van der Waals surface area (Å²) in [5.41, 5.74) is 0. The highest BCUT2D eigenvalue weighted by molar-refractivity contribution is 4.94. The monoisotopic (exact) mass is 154 g/mol. The van der Waals surface area contributed by atoms with Crippen molar-refractivity contribution in [2.24, 2.45) is 0 Å². The number of hydrogen-bond donors (Lipinski definition) is 0. The van der Waals surface area contributed by atoms with E-state index < -0.39 is 0 Å². The third-order valence-electron chi connectivity index (χ3n) is 2.03. The van der Waals surface area contributed by atoms with Gasteiger partial charge in [0, 0.05) is 6.42 Å². The molecule has 0 amide bonds. The topological polar surface area (TPSA) is 9.23 Å². The Bertz CT molecular complexity index is 119. The van der Waals surface area contributed by atoms with Gasteiger partial charge < -0.3 is 4.74 Å². The summed E-state index contributed by atoms with van der Waals surface area (Å²) in [6.07, 6.45) is 9.78. The van der Waals surface area contributed by atoms with Crippen LogP contribution in [0, 0.1) is 0 Å². The Balaban J connectivity index is 2.15. The third kappa shape index (κ3) is 3.45. The van der Waals surface area contributed by atoms with E-state index in [9.17, 15) is 0 Å². The zero-order valence-corrected chi connectivity index (χ0v) is 7.44. The molecule has 1 aliphatic rings. The van der Waals surface area contributed by atoms with E-state index in [0.717, 1.165) is 6.61 Å². The second-order valence-electron chi connectivity index (χ2n) is 3.12. The lowest BCUT2D eigenvalue weighted by Gasteiger charge is -2.15. The Kier molecular flexibility index (Phi) is 4.10. The van der Waals surface area contributed by atoms with Crippen molar-refractivity contribution in [3.63, 3.8) is 0 Å². The quantitative estimate of drug-likeness (QED) is 0.567. The number of rotatable bonds is 3. The number of unbranched alkanes of at least 4 members (excludes halogenated alkanes) is 2. The van der Waals surface area contributed by atoms with Gasteiger partial charge in [-0.05, 0) is 31.8 Å². The zero-order chi connectivity index (χ0) is 7.94. The summed E-state index contributed by atoms with van der Waals surface area (Å²) in [4.78, 5) is 0. The number of allylic oxidation sites excluding steroid dienone is 2. The Hall–Kier alpha value is -0.460. The van der Waals surface area contributed by atoms with Crippen LogP contribution in [0.25, 0.3) is 0 Å². The fourth-order valence-electron chi connectivity index (χ4n) is 1.30. The molecule has 64 valence electrons. The van der Waals surface area contributed by atoms with Gasteiger partial charge in [0.15, 0.2) is 0 Å². The Morgan fingerprint density at radius 1 is 1.45 bits per heavy atom. The van der Waals surface area contributed by atoms with Gasteiger partial charge in [-0.2, -0.15) is 0 Å². The molecule has 0 N–H and O–H groups in total. The molecule has 1 fully saturated rings. The average Bonchev–Trinajstić information content (AvgIpc) is 2.07. The van der Waals surface area contributed by atoms with Crippen molar-refractivity contribution in [1.82, 2.24) is 0 Å². The first-order valence-electron chi connectivity index (χ1n) is 4.75. The summed E-state index contributed by atoms with van der Waals surface area (Å²) in [5, 5.41) is 0. The van der Waals surface area contributed by atoms with E-state index in [1.54, 1.807) is 0 Å². The maximum atomic E-state index is 5.49. The molecule has 0 saturated carbocycles. The minimum atomic E-state index is 0.942. The molecule has 0 aromatic rings. The molecule has 1 nitrogen and oxygen atoms in total. The second kappa shape index (κ2) is 5.22. The molecular weight excluding hydrogens is 136 g/mol.